The van der Waals surface area contributed by atoms with Crippen molar-refractivity contribution in [2.75, 3.05) is 6.61 Å². The zero-order valence-corrected chi connectivity index (χ0v) is 17.7. The molecule has 0 saturated heterocycles. The molecule has 0 spiro atoms. The molecule has 9 heteroatoms. The quantitative estimate of drug-likeness (QED) is 0.709. The second kappa shape index (κ2) is 11.1. The summed E-state index contributed by atoms with van der Waals surface area (Å²) in [6.07, 6.45) is 3.49. The Balaban J connectivity index is 0.00000136. The van der Waals surface area contributed by atoms with E-state index in [0.29, 0.717) is 24.4 Å². The lowest BCUT2D eigenvalue weighted by atomic mass is 9.87. The van der Waals surface area contributed by atoms with Crippen LogP contribution >= 0.6 is 0 Å². The van der Waals surface area contributed by atoms with Crippen LogP contribution in [0, 0.1) is 5.92 Å². The van der Waals surface area contributed by atoms with Crippen LogP contribution in [0.25, 0.3) is 11.3 Å². The smallest absolute Gasteiger partial charge is 0.309 e. The number of nitrogens with zero attached hydrogens (tertiary/aromatic N) is 3. The fourth-order valence-corrected chi connectivity index (χ4v) is 3.39. The number of carbonyl (C=O) groups excluding carboxylic acids is 1. The van der Waals surface area contributed by atoms with Crippen LogP contribution in [0.2, 0.25) is 0 Å². The Morgan fingerprint density at radius 3 is 2.64 bits per heavy atom. The fourth-order valence-electron chi connectivity index (χ4n) is 3.39. The van der Waals surface area contributed by atoms with Gasteiger partial charge in [-0.25, -0.2) is 4.68 Å². The van der Waals surface area contributed by atoms with Gasteiger partial charge < -0.3 is 14.6 Å². The molecular weight excluding hydrogens is 398 g/mol. The molecule has 0 radical (unpaired) electrons. The van der Waals surface area contributed by atoms with Gasteiger partial charge in [0.05, 0.1) is 30.9 Å². The first-order valence-corrected chi connectivity index (χ1v) is 10.6. The average molecular weight is 424 g/mol. The minimum atomic E-state index is -0.117. The average Bonchev–Trinajstić information content (AvgIpc) is 3.11. The number of ether oxygens (including phenoxy) is 2. The molecule has 1 N–H and O–H groups in total. The van der Waals surface area contributed by atoms with Crippen molar-refractivity contribution in [1.29, 1.82) is 0 Å². The molecule has 1 heterocycles. The Hall–Kier alpha value is -1.97. The number of aryl methyl sites for hydroxylation is 1. The van der Waals surface area contributed by atoms with Gasteiger partial charge in [-0.3, -0.25) is 4.79 Å². The highest BCUT2D eigenvalue weighted by Crippen LogP contribution is 2.30. The number of aromatic nitrogens is 3. The Morgan fingerprint density at radius 1 is 1.29 bits per heavy atom. The summed E-state index contributed by atoms with van der Waals surface area (Å²) in [5.41, 5.74) is 2.22. The molecule has 1 aromatic heterocycles. The van der Waals surface area contributed by atoms with Crippen molar-refractivity contribution in [2.24, 2.45) is 13.0 Å². The standard InChI is InChI=1S/C19H25N3O4.S2/c1-3-25-19(24)14-5-4-6-16(11-14)26-15-9-7-13(8-10-15)18-17(12-23)22(2)21-20-18;1-2/h7-10,14,16,23H,3-6,11-12H2,1-2H3;/t14-,16-;/m0./s1. The number of esters is 1. The van der Waals surface area contributed by atoms with Crippen molar-refractivity contribution in [3.8, 4) is 17.0 Å². The fraction of sp³-hybridized carbons (Fsp3) is 0.526. The van der Waals surface area contributed by atoms with Crippen LogP contribution in [0.1, 0.15) is 38.3 Å². The minimum Gasteiger partial charge on any atom is -0.490 e. The van der Waals surface area contributed by atoms with Gasteiger partial charge in [0.2, 0.25) is 0 Å². The second-order valence-electron chi connectivity index (χ2n) is 6.55. The molecule has 2 aromatic rings. The van der Waals surface area contributed by atoms with Crippen molar-refractivity contribution in [2.45, 2.75) is 45.3 Å². The summed E-state index contributed by atoms with van der Waals surface area (Å²) in [4.78, 5) is 11.9. The summed E-state index contributed by atoms with van der Waals surface area (Å²) in [5, 5.41) is 17.5. The largest absolute Gasteiger partial charge is 0.490 e. The maximum Gasteiger partial charge on any atom is 0.309 e. The highest BCUT2D eigenvalue weighted by atomic mass is 32.8. The lowest BCUT2D eigenvalue weighted by Crippen LogP contribution is -2.30. The maximum absolute atomic E-state index is 11.9. The van der Waals surface area contributed by atoms with Crippen molar-refractivity contribution in [3.05, 3.63) is 30.0 Å². The van der Waals surface area contributed by atoms with E-state index >= 15 is 0 Å². The van der Waals surface area contributed by atoms with Gasteiger partial charge in [0.1, 0.15) is 11.4 Å². The van der Waals surface area contributed by atoms with E-state index < -0.39 is 0 Å². The van der Waals surface area contributed by atoms with Crippen LogP contribution in [0.4, 0.5) is 0 Å². The predicted molar refractivity (Wildman–Crippen MR) is 110 cm³/mol. The monoisotopic (exact) mass is 423 g/mol. The van der Waals surface area contributed by atoms with E-state index in [-0.39, 0.29) is 24.6 Å². The zero-order valence-electron chi connectivity index (χ0n) is 16.0. The number of hydrogen-bond donors (Lipinski definition) is 1. The third kappa shape index (κ3) is 5.52. The Morgan fingerprint density at radius 2 is 2.00 bits per heavy atom. The zero-order chi connectivity index (χ0) is 20.5. The molecule has 2 atom stereocenters. The van der Waals surface area contributed by atoms with Crippen LogP contribution in [0.5, 0.6) is 5.75 Å². The molecule has 7 nitrogen and oxygen atoms in total. The van der Waals surface area contributed by atoms with E-state index in [2.05, 4.69) is 32.7 Å². The summed E-state index contributed by atoms with van der Waals surface area (Å²) in [7, 11) is 1.75. The van der Waals surface area contributed by atoms with Gasteiger partial charge in [-0.2, -0.15) is 0 Å². The highest BCUT2D eigenvalue weighted by Gasteiger charge is 2.29. The molecule has 0 unspecified atom stereocenters. The molecule has 28 heavy (non-hydrogen) atoms. The lowest BCUT2D eigenvalue weighted by Gasteiger charge is -2.28. The van der Waals surface area contributed by atoms with E-state index in [9.17, 15) is 9.90 Å². The van der Waals surface area contributed by atoms with Gasteiger partial charge in [0.25, 0.3) is 0 Å². The molecule has 1 aromatic carbocycles. The third-order valence-electron chi connectivity index (χ3n) is 4.77. The summed E-state index contributed by atoms with van der Waals surface area (Å²) in [6.45, 7) is 2.13. The summed E-state index contributed by atoms with van der Waals surface area (Å²) in [5.74, 6) is 0.577. The summed E-state index contributed by atoms with van der Waals surface area (Å²) < 4.78 is 12.8. The normalized spacial score (nSPS) is 18.7. The van der Waals surface area contributed by atoms with Crippen LogP contribution in [-0.2, 0) is 45.6 Å². The first-order chi connectivity index (χ1) is 13.6. The Kier molecular flexibility index (Phi) is 8.88. The third-order valence-corrected chi connectivity index (χ3v) is 4.77. The predicted octanol–water partition coefficient (Wildman–Crippen LogP) is 2.47. The number of hydrogen-bond acceptors (Lipinski definition) is 8. The van der Waals surface area contributed by atoms with Gasteiger partial charge in [-0.1, -0.05) is 5.21 Å². The molecular formula is C19H25N3O4S2. The number of carbonyl (C=O) groups is 1. The maximum atomic E-state index is 11.9. The van der Waals surface area contributed by atoms with E-state index in [1.165, 1.54) is 0 Å². The number of aliphatic hydroxyl groups is 1. The minimum absolute atomic E-state index is 0.0218. The molecule has 0 aliphatic heterocycles. The summed E-state index contributed by atoms with van der Waals surface area (Å²) >= 11 is 7.33. The number of benzene rings is 1. The Labute approximate surface area is 174 Å². The van der Waals surface area contributed by atoms with Crippen molar-refractivity contribution in [1.82, 2.24) is 15.0 Å². The molecule has 1 aliphatic rings. The van der Waals surface area contributed by atoms with Crippen LogP contribution < -0.4 is 4.74 Å². The van der Waals surface area contributed by atoms with E-state index in [1.54, 1.807) is 11.7 Å². The van der Waals surface area contributed by atoms with Gasteiger partial charge >= 0.3 is 5.97 Å². The van der Waals surface area contributed by atoms with Gasteiger partial charge in [-0.05, 0) is 56.9 Å². The molecule has 152 valence electrons. The van der Waals surface area contributed by atoms with Crippen molar-refractivity contribution in [3.63, 3.8) is 0 Å². The first-order valence-electron chi connectivity index (χ1n) is 9.22. The van der Waals surface area contributed by atoms with Crippen molar-refractivity contribution < 1.29 is 19.4 Å². The lowest BCUT2D eigenvalue weighted by molar-refractivity contribution is -0.150. The van der Waals surface area contributed by atoms with E-state index in [4.69, 9.17) is 9.47 Å². The van der Waals surface area contributed by atoms with Gasteiger partial charge in [-0.15, -0.1) is 5.10 Å². The highest BCUT2D eigenvalue weighted by molar-refractivity contribution is 8.07. The second-order valence-corrected chi connectivity index (χ2v) is 6.55. The molecule has 0 bridgehead atoms. The van der Waals surface area contributed by atoms with Crippen molar-refractivity contribution >= 4 is 28.3 Å². The first kappa shape index (κ1) is 22.3. The molecule has 1 aliphatic carbocycles. The van der Waals surface area contributed by atoms with E-state index in [0.717, 1.165) is 30.6 Å². The van der Waals surface area contributed by atoms with E-state index in [1.807, 2.05) is 31.2 Å². The van der Waals surface area contributed by atoms with Gasteiger partial charge in [0, 0.05) is 35.0 Å². The van der Waals surface area contributed by atoms with Crippen LogP contribution in [0.15, 0.2) is 24.3 Å². The molecule has 1 saturated carbocycles. The van der Waals surface area contributed by atoms with Gasteiger partial charge in [0.15, 0.2) is 0 Å². The summed E-state index contributed by atoms with van der Waals surface area (Å²) in [6, 6.07) is 7.59. The van der Waals surface area contributed by atoms with Crippen LogP contribution in [-0.4, -0.2) is 38.8 Å². The molecule has 0 amide bonds. The Bertz CT molecular complexity index is 767. The molecule has 1 fully saturated rings. The number of rotatable bonds is 6. The molecule has 3 rings (SSSR count). The SMILES string of the molecule is CCOC(=O)[C@H]1CCC[C@H](Oc2ccc(-c3nnn(C)c3CO)cc2)C1.S=S. The van der Waals surface area contributed by atoms with Crippen LogP contribution in [0.3, 0.4) is 0 Å². The number of aliphatic hydroxyl groups excluding tert-OH is 1. The topological polar surface area (TPSA) is 86.5 Å².